The van der Waals surface area contributed by atoms with Crippen molar-refractivity contribution < 1.29 is 0 Å². The molecule has 0 aromatic heterocycles. The minimum Gasteiger partial charge on any atom is -0.0845 e. The smallest absolute Gasteiger partial charge is 0.00851 e. The Bertz CT molecular complexity index is 599. The molecule has 4 aliphatic rings. The van der Waals surface area contributed by atoms with Gasteiger partial charge in [-0.05, 0) is 104 Å². The Labute approximate surface area is 182 Å². The SMILES string of the molecule is CCC1CC[C@@]2(C)C(=CCC3C2CC[C@@]2(C)C3CC[C@@H]2C(C)CCCC(C)C)C1. The van der Waals surface area contributed by atoms with E-state index in [0.29, 0.717) is 10.8 Å². The van der Waals surface area contributed by atoms with E-state index in [1.54, 1.807) is 0 Å². The fourth-order valence-corrected chi connectivity index (χ4v) is 9.11. The van der Waals surface area contributed by atoms with Gasteiger partial charge in [0.1, 0.15) is 0 Å². The van der Waals surface area contributed by atoms with Gasteiger partial charge in [0, 0.05) is 0 Å². The second-order valence-electron chi connectivity index (χ2n) is 12.8. The van der Waals surface area contributed by atoms with Crippen LogP contribution in [0.1, 0.15) is 119 Å². The van der Waals surface area contributed by atoms with Gasteiger partial charge >= 0.3 is 0 Å². The normalized spacial score (nSPS) is 45.3. The Morgan fingerprint density at radius 2 is 1.76 bits per heavy atom. The highest BCUT2D eigenvalue weighted by molar-refractivity contribution is 5.25. The van der Waals surface area contributed by atoms with Gasteiger partial charge in [-0.2, -0.15) is 0 Å². The largest absolute Gasteiger partial charge is 0.0845 e. The van der Waals surface area contributed by atoms with Gasteiger partial charge in [0.05, 0.1) is 0 Å². The van der Waals surface area contributed by atoms with Crippen molar-refractivity contribution in [3.63, 3.8) is 0 Å². The maximum absolute atomic E-state index is 2.77. The Balaban J connectivity index is 1.48. The van der Waals surface area contributed by atoms with Crippen LogP contribution in [0.3, 0.4) is 0 Å². The molecule has 0 aromatic carbocycles. The average molecular weight is 399 g/mol. The zero-order valence-corrected chi connectivity index (χ0v) is 20.6. The third-order valence-electron chi connectivity index (χ3n) is 11.0. The summed E-state index contributed by atoms with van der Waals surface area (Å²) in [7, 11) is 0. The topological polar surface area (TPSA) is 0 Å². The lowest BCUT2D eigenvalue weighted by Gasteiger charge is -2.58. The zero-order chi connectivity index (χ0) is 20.8. The molecule has 0 heteroatoms. The summed E-state index contributed by atoms with van der Waals surface area (Å²) in [6.45, 7) is 15.2. The molecule has 0 saturated heterocycles. The second kappa shape index (κ2) is 8.35. The van der Waals surface area contributed by atoms with Gasteiger partial charge in [-0.1, -0.05) is 78.9 Å². The maximum Gasteiger partial charge on any atom is -0.00851 e. The van der Waals surface area contributed by atoms with Crippen molar-refractivity contribution in [2.45, 2.75) is 119 Å². The maximum atomic E-state index is 2.77. The summed E-state index contributed by atoms with van der Waals surface area (Å²) < 4.78 is 0. The van der Waals surface area contributed by atoms with Crippen LogP contribution in [0.15, 0.2) is 11.6 Å². The fraction of sp³-hybridized carbons (Fsp3) is 0.931. The van der Waals surface area contributed by atoms with Gasteiger partial charge in [0.2, 0.25) is 0 Å². The first-order chi connectivity index (χ1) is 13.8. The Morgan fingerprint density at radius 3 is 2.48 bits per heavy atom. The predicted octanol–water partition coefficient (Wildman–Crippen LogP) is 9.05. The van der Waals surface area contributed by atoms with E-state index in [4.69, 9.17) is 0 Å². The lowest BCUT2D eigenvalue weighted by Crippen LogP contribution is -2.50. The van der Waals surface area contributed by atoms with Gasteiger partial charge < -0.3 is 0 Å². The lowest BCUT2D eigenvalue weighted by molar-refractivity contribution is -0.0528. The molecule has 0 radical (unpaired) electrons. The lowest BCUT2D eigenvalue weighted by atomic mass is 9.46. The molecule has 3 fully saturated rings. The number of allylic oxidation sites excluding steroid dienone is 2. The third-order valence-corrected chi connectivity index (χ3v) is 11.0. The molecule has 0 nitrogen and oxygen atoms in total. The number of fused-ring (bicyclic) bond motifs is 5. The summed E-state index contributed by atoms with van der Waals surface area (Å²) in [6.07, 6.45) is 20.4. The van der Waals surface area contributed by atoms with E-state index in [1.165, 1.54) is 77.0 Å². The Kier molecular flexibility index (Phi) is 6.32. The molecule has 0 heterocycles. The highest BCUT2D eigenvalue weighted by Crippen LogP contribution is 2.67. The van der Waals surface area contributed by atoms with Crippen LogP contribution in [-0.2, 0) is 0 Å². The standard InChI is InChI=1S/C29H50/c1-7-22-15-17-28(5)23(19-22)11-12-24-26-14-13-25(21(4)10-8-9-20(2)3)29(26,6)18-16-27(24)28/h11,20-22,24-27H,7-10,12-19H2,1-6H3/t21?,22?,24?,25-,26?,27?,28+,29-/m1/s1. The van der Waals surface area contributed by atoms with Crippen molar-refractivity contribution in [1.29, 1.82) is 0 Å². The molecule has 166 valence electrons. The van der Waals surface area contributed by atoms with E-state index in [1.807, 2.05) is 5.57 Å². The molecule has 0 aromatic rings. The van der Waals surface area contributed by atoms with Crippen molar-refractivity contribution in [3.8, 4) is 0 Å². The predicted molar refractivity (Wildman–Crippen MR) is 127 cm³/mol. The third kappa shape index (κ3) is 3.78. The van der Waals surface area contributed by atoms with Crippen LogP contribution < -0.4 is 0 Å². The van der Waals surface area contributed by atoms with E-state index in [2.05, 4.69) is 47.6 Å². The molecule has 0 bridgehead atoms. The highest BCUT2D eigenvalue weighted by Gasteiger charge is 2.58. The second-order valence-corrected chi connectivity index (χ2v) is 12.8. The average Bonchev–Trinajstić information content (AvgIpc) is 3.04. The van der Waals surface area contributed by atoms with E-state index >= 15 is 0 Å². The summed E-state index contributed by atoms with van der Waals surface area (Å²) in [5, 5.41) is 0. The molecule has 0 N–H and O–H groups in total. The van der Waals surface area contributed by atoms with Crippen LogP contribution in [0.5, 0.6) is 0 Å². The van der Waals surface area contributed by atoms with E-state index in [0.717, 1.165) is 41.4 Å². The molecular weight excluding hydrogens is 348 g/mol. The van der Waals surface area contributed by atoms with Crippen molar-refractivity contribution in [2.75, 3.05) is 0 Å². The van der Waals surface area contributed by atoms with Crippen molar-refractivity contribution in [1.82, 2.24) is 0 Å². The minimum atomic E-state index is 0.552. The summed E-state index contributed by atoms with van der Waals surface area (Å²) in [4.78, 5) is 0. The minimum absolute atomic E-state index is 0.552. The number of hydrogen-bond acceptors (Lipinski definition) is 0. The van der Waals surface area contributed by atoms with E-state index < -0.39 is 0 Å². The number of hydrogen-bond donors (Lipinski definition) is 0. The van der Waals surface area contributed by atoms with Crippen LogP contribution in [0.4, 0.5) is 0 Å². The number of rotatable bonds is 6. The summed E-state index contributed by atoms with van der Waals surface area (Å²) in [5.74, 6) is 6.78. The van der Waals surface area contributed by atoms with E-state index in [-0.39, 0.29) is 0 Å². The van der Waals surface area contributed by atoms with Crippen LogP contribution >= 0.6 is 0 Å². The molecule has 0 spiro atoms. The van der Waals surface area contributed by atoms with Crippen LogP contribution in [-0.4, -0.2) is 0 Å². The highest BCUT2D eigenvalue weighted by atomic mass is 14.6. The van der Waals surface area contributed by atoms with E-state index in [9.17, 15) is 0 Å². The Hall–Kier alpha value is -0.260. The van der Waals surface area contributed by atoms with Crippen molar-refractivity contribution in [2.24, 2.45) is 52.3 Å². The van der Waals surface area contributed by atoms with Crippen molar-refractivity contribution >= 4 is 0 Å². The summed E-state index contributed by atoms with van der Waals surface area (Å²) in [5.41, 5.74) is 3.08. The van der Waals surface area contributed by atoms with Crippen LogP contribution in [0, 0.1) is 52.3 Å². The molecular formula is C29H50. The summed E-state index contributed by atoms with van der Waals surface area (Å²) in [6, 6.07) is 0. The Morgan fingerprint density at radius 1 is 0.966 bits per heavy atom. The first-order valence-electron chi connectivity index (χ1n) is 13.5. The van der Waals surface area contributed by atoms with Gasteiger partial charge in [-0.3, -0.25) is 0 Å². The van der Waals surface area contributed by atoms with Gasteiger partial charge in [0.15, 0.2) is 0 Å². The molecule has 0 amide bonds. The van der Waals surface area contributed by atoms with Gasteiger partial charge in [-0.15, -0.1) is 0 Å². The van der Waals surface area contributed by atoms with Crippen LogP contribution in [0.2, 0.25) is 0 Å². The molecule has 3 saturated carbocycles. The molecule has 4 rings (SSSR count). The summed E-state index contributed by atoms with van der Waals surface area (Å²) >= 11 is 0. The first kappa shape index (κ1) is 22.0. The quantitative estimate of drug-likeness (QED) is 0.391. The molecule has 29 heavy (non-hydrogen) atoms. The molecule has 4 aliphatic carbocycles. The van der Waals surface area contributed by atoms with Gasteiger partial charge in [-0.25, -0.2) is 0 Å². The molecule has 0 aliphatic heterocycles. The van der Waals surface area contributed by atoms with Crippen LogP contribution in [0.25, 0.3) is 0 Å². The van der Waals surface area contributed by atoms with Crippen molar-refractivity contribution in [3.05, 3.63) is 11.6 Å². The first-order valence-corrected chi connectivity index (χ1v) is 13.5. The van der Waals surface area contributed by atoms with Gasteiger partial charge in [0.25, 0.3) is 0 Å². The zero-order valence-electron chi connectivity index (χ0n) is 20.6. The fourth-order valence-electron chi connectivity index (χ4n) is 9.11. The molecule has 8 atom stereocenters. The monoisotopic (exact) mass is 398 g/mol. The molecule has 5 unspecified atom stereocenters.